The number of aldehydes is 1. The summed E-state index contributed by atoms with van der Waals surface area (Å²) in [7, 11) is 0. The van der Waals surface area contributed by atoms with Crippen LogP contribution in [0.25, 0.3) is 0 Å². The van der Waals surface area contributed by atoms with E-state index >= 15 is 0 Å². The predicted molar refractivity (Wildman–Crippen MR) is 46.3 cm³/mol. The molecule has 5 nitrogen and oxygen atoms in total. The molecular formula is C9H12O5. The van der Waals surface area contributed by atoms with Gasteiger partial charge in [-0.05, 0) is 6.92 Å². The third-order valence-corrected chi connectivity index (χ3v) is 2.07. The van der Waals surface area contributed by atoms with Gasteiger partial charge in [-0.25, -0.2) is 0 Å². The van der Waals surface area contributed by atoms with E-state index in [1.807, 2.05) is 0 Å². The van der Waals surface area contributed by atoms with Gasteiger partial charge in [0, 0.05) is 0 Å². The van der Waals surface area contributed by atoms with Crippen LogP contribution in [0.15, 0.2) is 12.2 Å². The summed E-state index contributed by atoms with van der Waals surface area (Å²) in [6, 6.07) is 0. The number of hydrogen-bond acceptors (Lipinski definition) is 5. The minimum absolute atomic E-state index is 0.419. The van der Waals surface area contributed by atoms with Crippen LogP contribution < -0.4 is 0 Å². The van der Waals surface area contributed by atoms with E-state index in [1.165, 1.54) is 6.08 Å². The third-order valence-electron chi connectivity index (χ3n) is 2.07. The average molecular weight is 200 g/mol. The molecule has 2 N–H and O–H groups in total. The van der Waals surface area contributed by atoms with Gasteiger partial charge in [0.05, 0.1) is 6.10 Å². The van der Waals surface area contributed by atoms with E-state index < -0.39 is 30.2 Å². The molecule has 1 fully saturated rings. The van der Waals surface area contributed by atoms with Crippen molar-refractivity contribution in [3.8, 4) is 0 Å². The molecule has 1 heterocycles. The van der Waals surface area contributed by atoms with E-state index in [9.17, 15) is 9.59 Å². The number of carbonyl (C=O) groups is 2. The fraction of sp³-hybridized carbons (Fsp3) is 0.556. The lowest BCUT2D eigenvalue weighted by molar-refractivity contribution is -0.212. The summed E-state index contributed by atoms with van der Waals surface area (Å²) >= 11 is 0. The maximum Gasteiger partial charge on any atom is 0.188 e. The Balaban J connectivity index is 2.87. The first-order valence-electron chi connectivity index (χ1n) is 4.25. The summed E-state index contributed by atoms with van der Waals surface area (Å²) in [5.74, 6) is -1.74. The van der Waals surface area contributed by atoms with Gasteiger partial charge in [-0.2, -0.15) is 0 Å². The summed E-state index contributed by atoms with van der Waals surface area (Å²) in [5, 5.41) is 18.2. The van der Waals surface area contributed by atoms with E-state index in [4.69, 9.17) is 14.9 Å². The summed E-state index contributed by atoms with van der Waals surface area (Å²) in [6.07, 6.45) is -0.456. The fourth-order valence-corrected chi connectivity index (χ4v) is 1.32. The molecule has 0 aromatic rings. The molecule has 0 aliphatic carbocycles. The SMILES string of the molecule is C/C=C/[C@H]1OC(O)[C@H](O)C(=O)[C@H]1C=O. The number of carbonyl (C=O) groups excluding carboxylic acids is 2. The molecule has 5 heteroatoms. The first-order valence-corrected chi connectivity index (χ1v) is 4.25. The van der Waals surface area contributed by atoms with Gasteiger partial charge in [0.25, 0.3) is 0 Å². The molecule has 0 aromatic heterocycles. The minimum Gasteiger partial charge on any atom is -0.380 e. The topological polar surface area (TPSA) is 83.8 Å². The van der Waals surface area contributed by atoms with E-state index in [1.54, 1.807) is 13.0 Å². The van der Waals surface area contributed by atoms with Crippen molar-refractivity contribution in [2.75, 3.05) is 0 Å². The highest BCUT2D eigenvalue weighted by molar-refractivity contribution is 5.97. The zero-order valence-electron chi connectivity index (χ0n) is 7.66. The Morgan fingerprint density at radius 3 is 2.57 bits per heavy atom. The van der Waals surface area contributed by atoms with Crippen molar-refractivity contribution in [1.82, 2.24) is 0 Å². The molecule has 1 rings (SSSR count). The van der Waals surface area contributed by atoms with Gasteiger partial charge in [-0.3, -0.25) is 4.79 Å². The Kier molecular flexibility index (Phi) is 3.51. The molecular weight excluding hydrogens is 188 g/mol. The summed E-state index contributed by atoms with van der Waals surface area (Å²) in [6.45, 7) is 1.70. The summed E-state index contributed by atoms with van der Waals surface area (Å²) < 4.78 is 4.88. The Bertz CT molecular complexity index is 260. The zero-order chi connectivity index (χ0) is 10.7. The first kappa shape index (κ1) is 11.0. The van der Waals surface area contributed by atoms with Crippen LogP contribution in [0.2, 0.25) is 0 Å². The molecule has 14 heavy (non-hydrogen) atoms. The van der Waals surface area contributed by atoms with Gasteiger partial charge in [0.1, 0.15) is 12.2 Å². The second kappa shape index (κ2) is 4.45. The van der Waals surface area contributed by atoms with E-state index in [2.05, 4.69) is 0 Å². The van der Waals surface area contributed by atoms with Crippen LogP contribution in [0.4, 0.5) is 0 Å². The number of hydrogen-bond donors (Lipinski definition) is 2. The molecule has 1 aliphatic heterocycles. The lowest BCUT2D eigenvalue weighted by Crippen LogP contribution is -2.51. The number of ether oxygens (including phenoxy) is 1. The van der Waals surface area contributed by atoms with Crippen LogP contribution in [0.3, 0.4) is 0 Å². The number of allylic oxidation sites excluding steroid dienone is 1. The number of rotatable bonds is 2. The van der Waals surface area contributed by atoms with Crippen molar-refractivity contribution in [3.05, 3.63) is 12.2 Å². The predicted octanol–water partition coefficient (Wildman–Crippen LogP) is -0.975. The van der Waals surface area contributed by atoms with Gasteiger partial charge in [-0.15, -0.1) is 0 Å². The Labute approximate surface area is 81.0 Å². The number of aliphatic hydroxyl groups is 2. The Morgan fingerprint density at radius 2 is 2.07 bits per heavy atom. The normalized spacial score (nSPS) is 38.9. The van der Waals surface area contributed by atoms with Crippen LogP contribution in [0, 0.1) is 5.92 Å². The first-order chi connectivity index (χ1) is 6.61. The van der Waals surface area contributed by atoms with Crippen LogP contribution in [-0.4, -0.2) is 40.8 Å². The maximum absolute atomic E-state index is 11.3. The molecule has 78 valence electrons. The standard InChI is InChI=1S/C9H12O5/c1-2-3-6-5(4-10)7(11)8(12)9(13)14-6/h2-6,8-9,12-13H,1H3/b3-2+/t5-,6+,8+,9?/m0/s1. The number of aliphatic hydroxyl groups excluding tert-OH is 2. The quantitative estimate of drug-likeness (QED) is 0.340. The summed E-state index contributed by atoms with van der Waals surface area (Å²) in [4.78, 5) is 21.9. The zero-order valence-corrected chi connectivity index (χ0v) is 7.66. The van der Waals surface area contributed by atoms with Crippen LogP contribution >= 0.6 is 0 Å². The highest BCUT2D eigenvalue weighted by Gasteiger charge is 2.42. The fourth-order valence-electron chi connectivity index (χ4n) is 1.32. The van der Waals surface area contributed by atoms with Crippen LogP contribution in [0.1, 0.15) is 6.92 Å². The minimum atomic E-state index is -1.63. The smallest absolute Gasteiger partial charge is 0.188 e. The number of Topliss-reactive ketones (excluding diaryl/α,β-unsaturated/α-hetero) is 1. The molecule has 1 aliphatic rings. The van der Waals surface area contributed by atoms with E-state index in [0.29, 0.717) is 6.29 Å². The maximum atomic E-state index is 11.3. The molecule has 0 amide bonds. The molecule has 0 bridgehead atoms. The highest BCUT2D eigenvalue weighted by Crippen LogP contribution is 2.21. The lowest BCUT2D eigenvalue weighted by Gasteiger charge is -2.31. The van der Waals surface area contributed by atoms with Crippen molar-refractivity contribution in [2.24, 2.45) is 5.92 Å². The highest BCUT2D eigenvalue weighted by atomic mass is 16.6. The van der Waals surface area contributed by atoms with Crippen LogP contribution in [-0.2, 0) is 14.3 Å². The second-order valence-corrected chi connectivity index (χ2v) is 3.03. The lowest BCUT2D eigenvalue weighted by atomic mass is 9.91. The monoisotopic (exact) mass is 200 g/mol. The third kappa shape index (κ3) is 1.89. The van der Waals surface area contributed by atoms with Crippen LogP contribution in [0.5, 0.6) is 0 Å². The molecule has 0 spiro atoms. The van der Waals surface area contributed by atoms with Gasteiger partial charge in [-0.1, -0.05) is 12.2 Å². The van der Waals surface area contributed by atoms with Crippen molar-refractivity contribution >= 4 is 12.1 Å². The molecule has 0 saturated carbocycles. The summed E-state index contributed by atoms with van der Waals surface area (Å²) in [5.41, 5.74) is 0. The van der Waals surface area contributed by atoms with Crippen molar-refractivity contribution in [1.29, 1.82) is 0 Å². The Hall–Kier alpha value is -1.04. The van der Waals surface area contributed by atoms with Gasteiger partial charge in [0.15, 0.2) is 18.2 Å². The molecule has 0 aromatic carbocycles. The van der Waals surface area contributed by atoms with Crippen molar-refractivity contribution < 1.29 is 24.5 Å². The van der Waals surface area contributed by atoms with Crippen molar-refractivity contribution in [3.63, 3.8) is 0 Å². The average Bonchev–Trinajstić information content (AvgIpc) is 2.16. The largest absolute Gasteiger partial charge is 0.380 e. The second-order valence-electron chi connectivity index (χ2n) is 3.03. The molecule has 1 saturated heterocycles. The number of ketones is 1. The molecule has 1 unspecified atom stereocenters. The van der Waals surface area contributed by atoms with E-state index in [0.717, 1.165) is 0 Å². The molecule has 4 atom stereocenters. The Morgan fingerprint density at radius 1 is 1.43 bits per heavy atom. The van der Waals surface area contributed by atoms with Gasteiger partial charge < -0.3 is 19.7 Å². The van der Waals surface area contributed by atoms with Gasteiger partial charge in [0.2, 0.25) is 0 Å². The molecule has 0 radical (unpaired) electrons. The van der Waals surface area contributed by atoms with Crippen molar-refractivity contribution in [2.45, 2.75) is 25.4 Å². The van der Waals surface area contributed by atoms with E-state index in [-0.39, 0.29) is 0 Å². The van der Waals surface area contributed by atoms with Gasteiger partial charge >= 0.3 is 0 Å².